The van der Waals surface area contributed by atoms with Crippen LogP contribution >= 0.6 is 0 Å². The number of nitrogens with zero attached hydrogens (tertiary/aromatic N) is 1. The summed E-state index contributed by atoms with van der Waals surface area (Å²) in [5, 5.41) is 11.8. The second kappa shape index (κ2) is 9.32. The summed E-state index contributed by atoms with van der Waals surface area (Å²) in [6.07, 6.45) is 4.32. The SMILES string of the molecule is Cc1cc(C#N)ccc1C=CCCNC(=O)OCC1c2ccccc2-c2ccccc21. The number of hydrogen-bond donors (Lipinski definition) is 1. The maximum Gasteiger partial charge on any atom is 0.407 e. The van der Waals surface area contributed by atoms with Crippen LogP contribution in [0.3, 0.4) is 0 Å². The van der Waals surface area contributed by atoms with Crippen LogP contribution in [0.2, 0.25) is 0 Å². The van der Waals surface area contributed by atoms with Crippen molar-refractivity contribution >= 4 is 12.2 Å². The number of benzene rings is 3. The van der Waals surface area contributed by atoms with Crippen LogP contribution in [0.5, 0.6) is 0 Å². The monoisotopic (exact) mass is 408 g/mol. The van der Waals surface area contributed by atoms with E-state index in [0.29, 0.717) is 25.1 Å². The smallest absolute Gasteiger partial charge is 0.407 e. The van der Waals surface area contributed by atoms with E-state index >= 15 is 0 Å². The fraction of sp³-hybridized carbons (Fsp3) is 0.185. The fourth-order valence-electron chi connectivity index (χ4n) is 4.05. The Morgan fingerprint density at radius 2 is 1.74 bits per heavy atom. The highest BCUT2D eigenvalue weighted by Gasteiger charge is 2.28. The molecule has 1 aliphatic carbocycles. The van der Waals surface area contributed by atoms with Crippen molar-refractivity contribution in [2.45, 2.75) is 19.3 Å². The Morgan fingerprint density at radius 3 is 2.39 bits per heavy atom. The number of aryl methyl sites for hydroxylation is 1. The number of carbonyl (C=O) groups is 1. The van der Waals surface area contributed by atoms with E-state index in [4.69, 9.17) is 10.00 Å². The second-order valence-electron chi connectivity index (χ2n) is 7.63. The van der Waals surface area contributed by atoms with Crippen LogP contribution in [0, 0.1) is 18.3 Å². The van der Waals surface area contributed by atoms with Gasteiger partial charge in [-0.05, 0) is 58.9 Å². The predicted octanol–water partition coefficient (Wildman–Crippen LogP) is 5.81. The molecule has 3 aromatic rings. The maximum absolute atomic E-state index is 12.2. The number of fused-ring (bicyclic) bond motifs is 3. The molecule has 0 heterocycles. The van der Waals surface area contributed by atoms with E-state index in [2.05, 4.69) is 35.7 Å². The summed E-state index contributed by atoms with van der Waals surface area (Å²) in [4.78, 5) is 12.2. The number of carbonyl (C=O) groups excluding carboxylic acids is 1. The molecule has 0 aromatic heterocycles. The van der Waals surface area contributed by atoms with Gasteiger partial charge in [0.25, 0.3) is 0 Å². The van der Waals surface area contributed by atoms with Gasteiger partial charge in [-0.25, -0.2) is 4.79 Å². The van der Waals surface area contributed by atoms with Crippen LogP contribution < -0.4 is 5.32 Å². The molecule has 0 saturated heterocycles. The molecule has 0 unspecified atom stereocenters. The number of hydrogen-bond acceptors (Lipinski definition) is 3. The van der Waals surface area contributed by atoms with Crippen LogP contribution in [-0.4, -0.2) is 19.2 Å². The third kappa shape index (κ3) is 4.51. The number of rotatable bonds is 6. The first-order valence-electron chi connectivity index (χ1n) is 10.4. The first-order valence-corrected chi connectivity index (χ1v) is 10.4. The third-order valence-electron chi connectivity index (χ3n) is 5.62. The normalized spacial score (nSPS) is 12.3. The summed E-state index contributed by atoms with van der Waals surface area (Å²) in [5.74, 6) is 0.0670. The van der Waals surface area contributed by atoms with Crippen LogP contribution in [0.1, 0.15) is 40.2 Å². The van der Waals surface area contributed by atoms with Crippen LogP contribution in [0.25, 0.3) is 17.2 Å². The van der Waals surface area contributed by atoms with Gasteiger partial charge in [-0.1, -0.05) is 66.7 Å². The quantitative estimate of drug-likeness (QED) is 0.524. The highest BCUT2D eigenvalue weighted by molar-refractivity contribution is 5.79. The topological polar surface area (TPSA) is 62.1 Å². The third-order valence-corrected chi connectivity index (χ3v) is 5.62. The molecule has 0 fully saturated rings. The molecule has 0 saturated carbocycles. The van der Waals surface area contributed by atoms with Gasteiger partial charge >= 0.3 is 6.09 Å². The van der Waals surface area contributed by atoms with Gasteiger partial charge in [0.1, 0.15) is 6.61 Å². The Labute approximate surface area is 182 Å². The Balaban J connectivity index is 1.27. The van der Waals surface area contributed by atoms with E-state index in [-0.39, 0.29) is 5.92 Å². The number of nitriles is 1. The lowest BCUT2D eigenvalue weighted by molar-refractivity contribution is 0.143. The maximum atomic E-state index is 12.2. The van der Waals surface area contributed by atoms with E-state index in [1.807, 2.05) is 61.5 Å². The summed E-state index contributed by atoms with van der Waals surface area (Å²) in [5.41, 5.74) is 7.63. The van der Waals surface area contributed by atoms with Gasteiger partial charge in [0.05, 0.1) is 11.6 Å². The molecule has 1 amide bonds. The fourth-order valence-corrected chi connectivity index (χ4v) is 4.05. The second-order valence-corrected chi connectivity index (χ2v) is 7.63. The van der Waals surface area contributed by atoms with Crippen molar-refractivity contribution in [1.82, 2.24) is 5.32 Å². The lowest BCUT2D eigenvalue weighted by atomic mass is 9.98. The van der Waals surface area contributed by atoms with E-state index in [9.17, 15) is 4.79 Å². The summed E-state index contributed by atoms with van der Waals surface area (Å²) in [7, 11) is 0. The number of ether oxygens (including phenoxy) is 1. The molecule has 0 atom stereocenters. The molecule has 1 N–H and O–H groups in total. The number of alkyl carbamates (subject to hydrolysis) is 1. The Morgan fingerprint density at radius 1 is 1.06 bits per heavy atom. The zero-order chi connectivity index (χ0) is 21.6. The minimum Gasteiger partial charge on any atom is -0.449 e. The van der Waals surface area contributed by atoms with Gasteiger partial charge in [0.2, 0.25) is 0 Å². The Kier molecular flexibility index (Phi) is 6.14. The molecule has 0 aliphatic heterocycles. The van der Waals surface area contributed by atoms with Crippen molar-refractivity contribution in [3.05, 3.63) is 101 Å². The number of amides is 1. The van der Waals surface area contributed by atoms with Gasteiger partial charge in [-0.15, -0.1) is 0 Å². The number of nitrogens with one attached hydrogen (secondary N) is 1. The molecule has 4 rings (SSSR count). The highest BCUT2D eigenvalue weighted by Crippen LogP contribution is 2.44. The first kappa shape index (κ1) is 20.4. The molecule has 4 nitrogen and oxygen atoms in total. The predicted molar refractivity (Wildman–Crippen MR) is 123 cm³/mol. The van der Waals surface area contributed by atoms with Crippen LogP contribution in [0.4, 0.5) is 4.79 Å². The van der Waals surface area contributed by atoms with Gasteiger partial charge in [0.15, 0.2) is 0 Å². The first-order chi connectivity index (χ1) is 15.2. The van der Waals surface area contributed by atoms with Gasteiger partial charge in [-0.2, -0.15) is 5.26 Å². The van der Waals surface area contributed by atoms with E-state index in [0.717, 1.165) is 11.1 Å². The zero-order valence-electron chi connectivity index (χ0n) is 17.5. The van der Waals surface area contributed by atoms with Crippen LogP contribution in [0.15, 0.2) is 72.8 Å². The van der Waals surface area contributed by atoms with Gasteiger partial charge in [-0.3, -0.25) is 0 Å². The molecule has 4 heteroatoms. The van der Waals surface area contributed by atoms with E-state index in [1.54, 1.807) is 0 Å². The van der Waals surface area contributed by atoms with Crippen molar-refractivity contribution in [2.75, 3.05) is 13.2 Å². The summed E-state index contributed by atoms with van der Waals surface area (Å²) in [6, 6.07) is 24.3. The standard InChI is InChI=1S/C27H24N2O2/c1-19-16-20(17-28)13-14-21(19)8-6-7-15-29-27(30)31-18-26-24-11-4-2-9-22(24)23-10-3-5-12-25(23)26/h2-6,8-14,16,26H,7,15,18H2,1H3,(H,29,30). The molecule has 0 radical (unpaired) electrons. The summed E-state index contributed by atoms with van der Waals surface area (Å²) < 4.78 is 5.54. The van der Waals surface area contributed by atoms with Crippen molar-refractivity contribution in [1.29, 1.82) is 5.26 Å². The largest absolute Gasteiger partial charge is 0.449 e. The van der Waals surface area contributed by atoms with Crippen molar-refractivity contribution in [2.24, 2.45) is 0 Å². The molecule has 154 valence electrons. The van der Waals surface area contributed by atoms with E-state index < -0.39 is 6.09 Å². The van der Waals surface area contributed by atoms with Gasteiger partial charge in [0, 0.05) is 12.5 Å². The van der Waals surface area contributed by atoms with Crippen molar-refractivity contribution in [3.8, 4) is 17.2 Å². The van der Waals surface area contributed by atoms with E-state index in [1.165, 1.54) is 22.3 Å². The minimum absolute atomic E-state index is 0.0670. The highest BCUT2D eigenvalue weighted by atomic mass is 16.5. The van der Waals surface area contributed by atoms with Crippen LogP contribution in [-0.2, 0) is 4.74 Å². The zero-order valence-corrected chi connectivity index (χ0v) is 17.5. The molecular formula is C27H24N2O2. The van der Waals surface area contributed by atoms with Gasteiger partial charge < -0.3 is 10.1 Å². The van der Waals surface area contributed by atoms with Crippen molar-refractivity contribution in [3.63, 3.8) is 0 Å². The molecule has 0 bridgehead atoms. The Bertz CT molecular complexity index is 1130. The molecular weight excluding hydrogens is 384 g/mol. The minimum atomic E-state index is -0.398. The Hall–Kier alpha value is -3.84. The summed E-state index contributed by atoms with van der Waals surface area (Å²) >= 11 is 0. The lowest BCUT2D eigenvalue weighted by Gasteiger charge is -2.14. The average Bonchev–Trinajstić information content (AvgIpc) is 3.12. The molecule has 3 aromatic carbocycles. The molecule has 1 aliphatic rings. The average molecular weight is 409 g/mol. The molecule has 0 spiro atoms. The molecule has 31 heavy (non-hydrogen) atoms. The van der Waals surface area contributed by atoms with Crippen molar-refractivity contribution < 1.29 is 9.53 Å². The lowest BCUT2D eigenvalue weighted by Crippen LogP contribution is -2.26. The summed E-state index contributed by atoms with van der Waals surface area (Å²) in [6.45, 7) is 2.80.